The second-order valence-electron chi connectivity index (χ2n) is 6.34. The van der Waals surface area contributed by atoms with E-state index >= 15 is 0 Å². The molecule has 5 nitrogen and oxygen atoms in total. The summed E-state index contributed by atoms with van der Waals surface area (Å²) in [7, 11) is 0. The molecule has 140 valence electrons. The predicted molar refractivity (Wildman–Crippen MR) is 88.7 cm³/mol. The standard InChI is InChI=1S/C18H20F3N3O2/c1-2-3-7-13-11-24(10-12-6-4-5-8-15(12)26-13)17(25)14-9-16(23-22-14)18(19,20)21/h4-6,8-9,13H,2-3,7,10-11H2,1H3,(H,22,23). The van der Waals surface area contributed by atoms with Crippen LogP contribution in [0.1, 0.15) is 47.9 Å². The number of alkyl halides is 3. The third-order valence-electron chi connectivity index (χ3n) is 4.32. The number of hydrogen-bond acceptors (Lipinski definition) is 3. The van der Waals surface area contributed by atoms with E-state index in [9.17, 15) is 18.0 Å². The molecular weight excluding hydrogens is 347 g/mol. The van der Waals surface area contributed by atoms with Crippen LogP contribution in [-0.2, 0) is 12.7 Å². The topological polar surface area (TPSA) is 58.2 Å². The summed E-state index contributed by atoms with van der Waals surface area (Å²) in [4.78, 5) is 14.2. The van der Waals surface area contributed by atoms with Crippen LogP contribution in [0.2, 0.25) is 0 Å². The van der Waals surface area contributed by atoms with Gasteiger partial charge in [-0.05, 0) is 18.9 Å². The van der Waals surface area contributed by atoms with Crippen molar-refractivity contribution in [2.24, 2.45) is 0 Å². The van der Waals surface area contributed by atoms with Crippen molar-refractivity contribution < 1.29 is 22.7 Å². The first-order chi connectivity index (χ1) is 12.4. The molecule has 1 unspecified atom stereocenters. The number of nitrogens with zero attached hydrogens (tertiary/aromatic N) is 2. The van der Waals surface area contributed by atoms with Gasteiger partial charge in [-0.2, -0.15) is 18.3 Å². The third kappa shape index (κ3) is 4.00. The minimum absolute atomic E-state index is 0.205. The van der Waals surface area contributed by atoms with Crippen LogP contribution in [0.15, 0.2) is 30.3 Å². The average molecular weight is 367 g/mol. The number of aromatic amines is 1. The number of carbonyl (C=O) groups is 1. The van der Waals surface area contributed by atoms with Gasteiger partial charge in [0.1, 0.15) is 17.5 Å². The van der Waals surface area contributed by atoms with E-state index in [1.807, 2.05) is 29.4 Å². The maximum atomic E-state index is 12.8. The molecule has 0 spiro atoms. The molecule has 3 rings (SSSR count). The Morgan fingerprint density at radius 2 is 2.15 bits per heavy atom. The van der Waals surface area contributed by atoms with Gasteiger partial charge < -0.3 is 9.64 Å². The number of ether oxygens (including phenoxy) is 1. The van der Waals surface area contributed by atoms with Gasteiger partial charge in [-0.3, -0.25) is 9.89 Å². The lowest BCUT2D eigenvalue weighted by Gasteiger charge is -2.23. The highest BCUT2D eigenvalue weighted by atomic mass is 19.4. The highest BCUT2D eigenvalue weighted by Gasteiger charge is 2.35. The quantitative estimate of drug-likeness (QED) is 0.888. The van der Waals surface area contributed by atoms with Crippen molar-refractivity contribution in [1.29, 1.82) is 0 Å². The summed E-state index contributed by atoms with van der Waals surface area (Å²) in [5.41, 5.74) is -0.452. The Morgan fingerprint density at radius 3 is 2.85 bits per heavy atom. The Morgan fingerprint density at radius 1 is 1.38 bits per heavy atom. The Bertz CT molecular complexity index is 773. The molecule has 0 bridgehead atoms. The molecule has 1 aromatic heterocycles. The molecule has 0 saturated carbocycles. The van der Waals surface area contributed by atoms with Crippen LogP contribution in [0, 0.1) is 0 Å². The maximum absolute atomic E-state index is 12.8. The fraction of sp³-hybridized carbons (Fsp3) is 0.444. The number of nitrogens with one attached hydrogen (secondary N) is 1. The van der Waals surface area contributed by atoms with E-state index in [-0.39, 0.29) is 18.3 Å². The van der Waals surface area contributed by atoms with Crippen molar-refractivity contribution in [3.63, 3.8) is 0 Å². The first-order valence-corrected chi connectivity index (χ1v) is 8.55. The molecule has 2 aromatic rings. The summed E-state index contributed by atoms with van der Waals surface area (Å²) < 4.78 is 44.3. The number of amides is 1. The SMILES string of the molecule is CCCCC1CN(C(=O)c2cc(C(F)(F)F)[nH]n2)Cc2ccccc2O1. The zero-order chi connectivity index (χ0) is 18.7. The molecule has 0 radical (unpaired) electrons. The molecule has 0 fully saturated rings. The van der Waals surface area contributed by atoms with Crippen molar-refractivity contribution in [3.05, 3.63) is 47.3 Å². The number of fused-ring (bicyclic) bond motifs is 1. The predicted octanol–water partition coefficient (Wildman–Crippen LogP) is 4.02. The third-order valence-corrected chi connectivity index (χ3v) is 4.32. The largest absolute Gasteiger partial charge is 0.488 e. The van der Waals surface area contributed by atoms with Crippen LogP contribution < -0.4 is 4.74 Å². The minimum Gasteiger partial charge on any atom is -0.488 e. The number of benzene rings is 1. The molecule has 1 aliphatic heterocycles. The fourth-order valence-electron chi connectivity index (χ4n) is 2.96. The summed E-state index contributed by atoms with van der Waals surface area (Å²) in [5.74, 6) is 0.167. The summed E-state index contributed by atoms with van der Waals surface area (Å²) in [6, 6.07) is 8.15. The van der Waals surface area contributed by atoms with Gasteiger partial charge in [0.05, 0.1) is 6.54 Å². The second kappa shape index (κ2) is 7.39. The number of carbonyl (C=O) groups excluding carboxylic acids is 1. The van der Waals surface area contributed by atoms with Crippen LogP contribution in [0.5, 0.6) is 5.75 Å². The lowest BCUT2D eigenvalue weighted by atomic mass is 10.1. The molecule has 1 atom stereocenters. The van der Waals surface area contributed by atoms with Crippen LogP contribution >= 0.6 is 0 Å². The molecule has 2 heterocycles. The van der Waals surface area contributed by atoms with Crippen molar-refractivity contribution in [3.8, 4) is 5.75 Å². The molecule has 8 heteroatoms. The van der Waals surface area contributed by atoms with Crippen LogP contribution in [0.25, 0.3) is 0 Å². The fourth-order valence-corrected chi connectivity index (χ4v) is 2.96. The molecule has 1 N–H and O–H groups in total. The average Bonchev–Trinajstić information content (AvgIpc) is 3.02. The molecule has 0 saturated heterocycles. The van der Waals surface area contributed by atoms with Gasteiger partial charge in [0.25, 0.3) is 5.91 Å². The van der Waals surface area contributed by atoms with Crippen molar-refractivity contribution in [2.45, 2.75) is 45.0 Å². The van der Waals surface area contributed by atoms with Gasteiger partial charge in [0.2, 0.25) is 0 Å². The van der Waals surface area contributed by atoms with Gasteiger partial charge in [-0.15, -0.1) is 0 Å². The Labute approximate surface area is 149 Å². The number of H-pyrrole nitrogens is 1. The van der Waals surface area contributed by atoms with Gasteiger partial charge in [-0.1, -0.05) is 31.5 Å². The Balaban J connectivity index is 1.85. The number of para-hydroxylation sites is 1. The second-order valence-corrected chi connectivity index (χ2v) is 6.34. The summed E-state index contributed by atoms with van der Waals surface area (Å²) in [6.45, 7) is 2.64. The Kier molecular flexibility index (Phi) is 5.20. The van der Waals surface area contributed by atoms with E-state index in [0.29, 0.717) is 12.3 Å². The Hall–Kier alpha value is -2.51. The monoisotopic (exact) mass is 367 g/mol. The molecule has 1 aliphatic rings. The highest BCUT2D eigenvalue weighted by Crippen LogP contribution is 2.29. The van der Waals surface area contributed by atoms with Crippen molar-refractivity contribution in [2.75, 3.05) is 6.54 Å². The van der Waals surface area contributed by atoms with Crippen molar-refractivity contribution in [1.82, 2.24) is 15.1 Å². The van der Waals surface area contributed by atoms with E-state index in [4.69, 9.17) is 4.74 Å². The zero-order valence-electron chi connectivity index (χ0n) is 14.3. The minimum atomic E-state index is -4.57. The maximum Gasteiger partial charge on any atom is 0.432 e. The molecule has 0 aliphatic carbocycles. The smallest absolute Gasteiger partial charge is 0.432 e. The summed E-state index contributed by atoms with van der Waals surface area (Å²) >= 11 is 0. The van der Waals surface area contributed by atoms with Gasteiger partial charge in [0.15, 0.2) is 5.69 Å². The van der Waals surface area contributed by atoms with E-state index < -0.39 is 17.8 Å². The zero-order valence-corrected chi connectivity index (χ0v) is 14.3. The van der Waals surface area contributed by atoms with Gasteiger partial charge >= 0.3 is 6.18 Å². The number of rotatable bonds is 4. The van der Waals surface area contributed by atoms with E-state index in [1.54, 1.807) is 0 Å². The first-order valence-electron chi connectivity index (χ1n) is 8.55. The normalized spacial score (nSPS) is 17.4. The van der Waals surface area contributed by atoms with E-state index in [0.717, 1.165) is 30.9 Å². The highest BCUT2D eigenvalue weighted by molar-refractivity contribution is 5.92. The number of aromatic nitrogens is 2. The lowest BCUT2D eigenvalue weighted by Crippen LogP contribution is -2.37. The summed E-state index contributed by atoms with van der Waals surface area (Å²) in [5, 5.41) is 5.45. The number of unbranched alkanes of at least 4 members (excludes halogenated alkanes) is 1. The molecular formula is C18H20F3N3O2. The van der Waals surface area contributed by atoms with E-state index in [1.165, 1.54) is 4.90 Å². The summed E-state index contributed by atoms with van der Waals surface area (Å²) in [6.07, 6.45) is -2.07. The molecule has 1 amide bonds. The lowest BCUT2D eigenvalue weighted by molar-refractivity contribution is -0.141. The molecule has 26 heavy (non-hydrogen) atoms. The van der Waals surface area contributed by atoms with E-state index in [2.05, 4.69) is 12.0 Å². The van der Waals surface area contributed by atoms with Crippen LogP contribution in [0.3, 0.4) is 0 Å². The van der Waals surface area contributed by atoms with Crippen molar-refractivity contribution >= 4 is 5.91 Å². The van der Waals surface area contributed by atoms with Gasteiger partial charge in [0, 0.05) is 18.2 Å². The van der Waals surface area contributed by atoms with Crippen LogP contribution in [-0.4, -0.2) is 33.7 Å². The first kappa shape index (κ1) is 18.3. The van der Waals surface area contributed by atoms with Crippen LogP contribution in [0.4, 0.5) is 13.2 Å². The number of hydrogen-bond donors (Lipinski definition) is 1. The van der Waals surface area contributed by atoms with Gasteiger partial charge in [-0.25, -0.2) is 0 Å². The number of halogens is 3. The molecule has 1 aromatic carbocycles.